The van der Waals surface area contributed by atoms with Gasteiger partial charge in [0.05, 0.1) is 17.1 Å². The van der Waals surface area contributed by atoms with Gasteiger partial charge in [-0.1, -0.05) is 18.2 Å². The van der Waals surface area contributed by atoms with Gasteiger partial charge in [0.2, 0.25) is 0 Å². The van der Waals surface area contributed by atoms with Gasteiger partial charge >= 0.3 is 0 Å². The van der Waals surface area contributed by atoms with Crippen molar-refractivity contribution >= 4 is 17.1 Å². The Balaban J connectivity index is 2.04. The topological polar surface area (TPSA) is 32.5 Å². The number of hydrogen-bond donors (Lipinski definition) is 1. The minimum atomic E-state index is -0.218. The van der Waals surface area contributed by atoms with E-state index in [4.69, 9.17) is 5.73 Å². The Morgan fingerprint density at radius 2 is 1.76 bits per heavy atom. The Bertz CT molecular complexity index is 654. The third kappa shape index (κ3) is 2.47. The van der Waals surface area contributed by atoms with Crippen molar-refractivity contribution in [1.82, 2.24) is 0 Å². The Kier molecular flexibility index (Phi) is 3.55. The highest BCUT2D eigenvalue weighted by molar-refractivity contribution is 5.79. The van der Waals surface area contributed by atoms with Gasteiger partial charge in [-0.15, -0.1) is 0 Å². The molecule has 2 aromatic rings. The molecule has 0 unspecified atom stereocenters. The lowest BCUT2D eigenvalue weighted by atomic mass is 10.1. The fourth-order valence-corrected chi connectivity index (χ4v) is 2.78. The molecule has 2 aromatic carbocycles. The number of anilines is 3. The highest BCUT2D eigenvalue weighted by atomic mass is 19.1. The lowest BCUT2D eigenvalue weighted by Gasteiger charge is -2.37. The van der Waals surface area contributed by atoms with Crippen molar-refractivity contribution in [2.75, 3.05) is 29.9 Å². The zero-order chi connectivity index (χ0) is 15.0. The number of hydrogen-bond acceptors (Lipinski definition) is 3. The van der Waals surface area contributed by atoms with Crippen LogP contribution in [0.4, 0.5) is 21.5 Å². The van der Waals surface area contributed by atoms with Crippen molar-refractivity contribution in [3.05, 3.63) is 53.8 Å². The highest BCUT2D eigenvalue weighted by Gasteiger charge is 2.23. The number of likely N-dealkylation sites (N-methyl/N-ethyl adjacent to an activating group) is 1. The maximum atomic E-state index is 14.5. The van der Waals surface area contributed by atoms with Crippen LogP contribution in [0.3, 0.4) is 0 Å². The molecule has 0 amide bonds. The van der Waals surface area contributed by atoms with Crippen LogP contribution in [0.2, 0.25) is 0 Å². The van der Waals surface area contributed by atoms with E-state index in [1.165, 1.54) is 0 Å². The summed E-state index contributed by atoms with van der Waals surface area (Å²) in [6.07, 6.45) is 0. The molecule has 1 aliphatic heterocycles. The van der Waals surface area contributed by atoms with Gasteiger partial charge in [-0.3, -0.25) is 0 Å². The Hall–Kier alpha value is -2.07. The number of fused-ring (bicyclic) bond motifs is 1. The summed E-state index contributed by atoms with van der Waals surface area (Å²) >= 11 is 0. The summed E-state index contributed by atoms with van der Waals surface area (Å²) in [5.41, 5.74) is 9.41. The summed E-state index contributed by atoms with van der Waals surface area (Å²) in [6, 6.07) is 13.2. The molecule has 0 saturated heterocycles. The lowest BCUT2D eigenvalue weighted by molar-refractivity contribution is 0.618. The van der Waals surface area contributed by atoms with Gasteiger partial charge in [0.25, 0.3) is 0 Å². The lowest BCUT2D eigenvalue weighted by Crippen LogP contribution is -2.36. The van der Waals surface area contributed by atoms with Crippen LogP contribution in [-0.4, -0.2) is 20.1 Å². The second-order valence-electron chi connectivity index (χ2n) is 5.56. The molecule has 3 rings (SSSR count). The van der Waals surface area contributed by atoms with Crippen molar-refractivity contribution in [2.45, 2.75) is 13.0 Å². The molecular weight excluding hydrogens is 265 g/mol. The van der Waals surface area contributed by atoms with Crippen molar-refractivity contribution in [2.24, 2.45) is 5.73 Å². The molecule has 0 bridgehead atoms. The molecule has 110 valence electrons. The van der Waals surface area contributed by atoms with Crippen LogP contribution >= 0.6 is 0 Å². The molecule has 0 aliphatic carbocycles. The average Bonchev–Trinajstić information content (AvgIpc) is 2.48. The SMILES string of the molecule is C[C@H](N)c1ccc(N2CCN(C)c3ccccc32)c(F)c1. The Morgan fingerprint density at radius 1 is 1.05 bits per heavy atom. The normalized spacial score (nSPS) is 15.8. The van der Waals surface area contributed by atoms with Crippen LogP contribution in [0.15, 0.2) is 42.5 Å². The highest BCUT2D eigenvalue weighted by Crippen LogP contribution is 2.38. The molecule has 0 aromatic heterocycles. The van der Waals surface area contributed by atoms with Crippen LogP contribution in [0.5, 0.6) is 0 Å². The smallest absolute Gasteiger partial charge is 0.147 e. The number of nitrogens with zero attached hydrogens (tertiary/aromatic N) is 2. The van der Waals surface area contributed by atoms with Crippen LogP contribution in [0.1, 0.15) is 18.5 Å². The molecule has 0 saturated carbocycles. The Morgan fingerprint density at radius 3 is 2.43 bits per heavy atom. The molecule has 4 heteroatoms. The average molecular weight is 285 g/mol. The van der Waals surface area contributed by atoms with Crippen LogP contribution in [0, 0.1) is 5.82 Å². The predicted octanol–water partition coefficient (Wildman–Crippen LogP) is 3.43. The quantitative estimate of drug-likeness (QED) is 0.917. The summed E-state index contributed by atoms with van der Waals surface area (Å²) in [5, 5.41) is 0. The van der Waals surface area contributed by atoms with Gasteiger partial charge < -0.3 is 15.5 Å². The van der Waals surface area contributed by atoms with Gasteiger partial charge in [0.1, 0.15) is 5.82 Å². The largest absolute Gasteiger partial charge is 0.371 e. The summed E-state index contributed by atoms with van der Waals surface area (Å²) in [4.78, 5) is 4.23. The number of rotatable bonds is 2. The van der Waals surface area contributed by atoms with Gasteiger partial charge in [0.15, 0.2) is 0 Å². The molecule has 1 atom stereocenters. The van der Waals surface area contributed by atoms with Crippen LogP contribution < -0.4 is 15.5 Å². The van der Waals surface area contributed by atoms with Crippen LogP contribution in [-0.2, 0) is 0 Å². The molecule has 0 spiro atoms. The zero-order valence-electron chi connectivity index (χ0n) is 12.4. The maximum absolute atomic E-state index is 14.5. The fourth-order valence-electron chi connectivity index (χ4n) is 2.78. The molecule has 3 nitrogen and oxygen atoms in total. The van der Waals surface area contributed by atoms with Crippen molar-refractivity contribution < 1.29 is 4.39 Å². The van der Waals surface area contributed by atoms with Gasteiger partial charge in [-0.05, 0) is 36.8 Å². The molecular formula is C17H20FN3. The Labute approximate surface area is 124 Å². The van der Waals surface area contributed by atoms with Crippen molar-refractivity contribution in [3.63, 3.8) is 0 Å². The van der Waals surface area contributed by atoms with E-state index in [0.717, 1.165) is 30.0 Å². The van der Waals surface area contributed by atoms with Crippen molar-refractivity contribution in [1.29, 1.82) is 0 Å². The zero-order valence-corrected chi connectivity index (χ0v) is 12.4. The van der Waals surface area contributed by atoms with E-state index in [0.29, 0.717) is 5.69 Å². The minimum absolute atomic E-state index is 0.159. The first kappa shape index (κ1) is 13.9. The number of benzene rings is 2. The van der Waals surface area contributed by atoms with E-state index in [2.05, 4.69) is 18.0 Å². The first-order chi connectivity index (χ1) is 10.1. The number of para-hydroxylation sites is 2. The molecule has 2 N–H and O–H groups in total. The molecule has 0 fully saturated rings. The van der Waals surface area contributed by atoms with E-state index in [1.807, 2.05) is 42.2 Å². The predicted molar refractivity (Wildman–Crippen MR) is 85.7 cm³/mol. The first-order valence-corrected chi connectivity index (χ1v) is 7.20. The third-order valence-electron chi connectivity index (χ3n) is 4.03. The summed E-state index contributed by atoms with van der Waals surface area (Å²) in [5.74, 6) is -0.218. The monoisotopic (exact) mass is 285 g/mol. The van der Waals surface area contributed by atoms with E-state index in [1.54, 1.807) is 6.07 Å². The van der Waals surface area contributed by atoms with Crippen molar-refractivity contribution in [3.8, 4) is 0 Å². The summed E-state index contributed by atoms with van der Waals surface area (Å²) < 4.78 is 14.5. The minimum Gasteiger partial charge on any atom is -0.371 e. The van der Waals surface area contributed by atoms with Crippen LogP contribution in [0.25, 0.3) is 0 Å². The summed E-state index contributed by atoms with van der Waals surface area (Å²) in [6.45, 7) is 3.49. The first-order valence-electron chi connectivity index (χ1n) is 7.20. The number of halogens is 1. The molecule has 21 heavy (non-hydrogen) atoms. The number of nitrogens with two attached hydrogens (primary N) is 1. The fraction of sp³-hybridized carbons (Fsp3) is 0.294. The van der Waals surface area contributed by atoms with E-state index in [9.17, 15) is 4.39 Å². The van der Waals surface area contributed by atoms with E-state index in [-0.39, 0.29) is 11.9 Å². The van der Waals surface area contributed by atoms with E-state index < -0.39 is 0 Å². The molecule has 1 aliphatic rings. The van der Waals surface area contributed by atoms with Gasteiger partial charge in [-0.2, -0.15) is 0 Å². The van der Waals surface area contributed by atoms with Gasteiger partial charge in [-0.25, -0.2) is 4.39 Å². The second kappa shape index (κ2) is 5.37. The van der Waals surface area contributed by atoms with E-state index >= 15 is 0 Å². The maximum Gasteiger partial charge on any atom is 0.147 e. The standard InChI is InChI=1S/C17H20FN3/c1-12(19)13-7-8-15(14(18)11-13)21-10-9-20(2)16-5-3-4-6-17(16)21/h3-8,11-12H,9-10,19H2,1-2H3/t12-/m0/s1. The molecule has 1 heterocycles. The molecule has 0 radical (unpaired) electrons. The summed E-state index contributed by atoms with van der Waals surface area (Å²) in [7, 11) is 2.06. The van der Waals surface area contributed by atoms with Gasteiger partial charge in [0, 0.05) is 26.2 Å². The third-order valence-corrected chi connectivity index (χ3v) is 4.03. The second-order valence-corrected chi connectivity index (χ2v) is 5.56.